The van der Waals surface area contributed by atoms with Crippen molar-refractivity contribution in [2.45, 2.75) is 59.0 Å². The van der Waals surface area contributed by atoms with Crippen molar-refractivity contribution in [1.29, 1.82) is 0 Å². The van der Waals surface area contributed by atoms with Crippen molar-refractivity contribution in [3.8, 4) is 0 Å². The molecule has 2 atom stereocenters. The first-order chi connectivity index (χ1) is 14.4. The van der Waals surface area contributed by atoms with Crippen molar-refractivity contribution < 1.29 is 23.8 Å². The van der Waals surface area contributed by atoms with Crippen molar-refractivity contribution in [3.63, 3.8) is 0 Å². The first kappa shape index (κ1) is 24.1. The van der Waals surface area contributed by atoms with Gasteiger partial charge >= 0.3 is 29.0 Å². The molecular formula is C20H27N3O8. The average Bonchev–Trinajstić information content (AvgIpc) is 3.29. The smallest absolute Gasteiger partial charge is 0.336 e. The van der Waals surface area contributed by atoms with Crippen molar-refractivity contribution in [1.82, 2.24) is 13.7 Å². The van der Waals surface area contributed by atoms with Crippen LogP contribution in [0.5, 0.6) is 0 Å². The third-order valence-electron chi connectivity index (χ3n) is 4.90. The topological polar surface area (TPSA) is 131 Å². The molecular weight excluding hydrogens is 410 g/mol. The van der Waals surface area contributed by atoms with Crippen LogP contribution in [-0.2, 0) is 43.4 Å². The number of ether oxygens (including phenoxy) is 3. The zero-order valence-electron chi connectivity index (χ0n) is 18.1. The molecule has 170 valence electrons. The zero-order chi connectivity index (χ0) is 23.5. The van der Waals surface area contributed by atoms with E-state index >= 15 is 0 Å². The Morgan fingerprint density at radius 2 is 1.26 bits per heavy atom. The Labute approximate surface area is 178 Å². The fraction of sp³-hybridized carbons (Fsp3) is 0.550. The zero-order valence-corrected chi connectivity index (χ0v) is 18.1. The molecule has 0 aromatic carbocycles. The molecule has 0 saturated carbocycles. The molecule has 1 aromatic rings. The maximum atomic E-state index is 12.9. The van der Waals surface area contributed by atoms with Gasteiger partial charge in [-0.2, -0.15) is 0 Å². The molecule has 2 rings (SSSR count). The lowest BCUT2D eigenvalue weighted by atomic mass is 10.1. The minimum Gasteiger partial charge on any atom is -0.460 e. The molecule has 0 amide bonds. The first-order valence-corrected chi connectivity index (χ1v) is 9.66. The Hall–Kier alpha value is -3.21. The maximum absolute atomic E-state index is 12.9. The van der Waals surface area contributed by atoms with Gasteiger partial charge in [-0.3, -0.25) is 0 Å². The monoisotopic (exact) mass is 437 g/mol. The lowest BCUT2D eigenvalue weighted by molar-refractivity contribution is -0.140. The molecule has 0 aliphatic carbocycles. The van der Waals surface area contributed by atoms with Crippen molar-refractivity contribution in [2.75, 3.05) is 13.2 Å². The number of hydrogen-bond acceptors (Lipinski definition) is 8. The second-order valence-electron chi connectivity index (χ2n) is 7.64. The summed E-state index contributed by atoms with van der Waals surface area (Å²) in [5.41, 5.74) is -2.98. The van der Waals surface area contributed by atoms with E-state index < -0.39 is 34.6 Å². The summed E-state index contributed by atoms with van der Waals surface area (Å²) < 4.78 is 17.9. The van der Waals surface area contributed by atoms with Gasteiger partial charge < -0.3 is 14.2 Å². The number of carbonyl (C=O) groups is 2. The van der Waals surface area contributed by atoms with Crippen LogP contribution in [0.2, 0.25) is 0 Å². The van der Waals surface area contributed by atoms with Crippen LogP contribution in [0, 0.1) is 0 Å². The minimum absolute atomic E-state index is 0.0662. The van der Waals surface area contributed by atoms with Gasteiger partial charge in [0.2, 0.25) is 0 Å². The van der Waals surface area contributed by atoms with E-state index in [4.69, 9.17) is 14.2 Å². The average molecular weight is 437 g/mol. The summed E-state index contributed by atoms with van der Waals surface area (Å²) in [6.07, 6.45) is -0.166. The molecule has 1 aromatic heterocycles. The highest BCUT2D eigenvalue weighted by atomic mass is 16.6. The molecule has 1 saturated heterocycles. The highest BCUT2D eigenvalue weighted by Gasteiger charge is 2.49. The van der Waals surface area contributed by atoms with Crippen LogP contribution in [0.25, 0.3) is 0 Å². The molecule has 0 bridgehead atoms. The number of aromatic nitrogens is 3. The Morgan fingerprint density at radius 1 is 0.903 bits per heavy atom. The van der Waals surface area contributed by atoms with Crippen LogP contribution in [0.4, 0.5) is 0 Å². The molecule has 11 heteroatoms. The summed E-state index contributed by atoms with van der Waals surface area (Å²) in [5, 5.41) is 0. The van der Waals surface area contributed by atoms with E-state index in [1.165, 1.54) is 13.8 Å². The van der Waals surface area contributed by atoms with Crippen LogP contribution in [0.1, 0.15) is 27.7 Å². The molecule has 1 aliphatic rings. The molecule has 31 heavy (non-hydrogen) atoms. The number of esters is 2. The van der Waals surface area contributed by atoms with Gasteiger partial charge in [-0.15, -0.1) is 0 Å². The number of hydrogen-bond donors (Lipinski definition) is 0. The third kappa shape index (κ3) is 5.48. The van der Waals surface area contributed by atoms with Crippen molar-refractivity contribution in [3.05, 3.63) is 55.8 Å². The summed E-state index contributed by atoms with van der Waals surface area (Å²) in [4.78, 5) is 61.6. The molecule has 0 radical (unpaired) electrons. The summed E-state index contributed by atoms with van der Waals surface area (Å²) in [7, 11) is 0. The fourth-order valence-electron chi connectivity index (χ4n) is 2.76. The van der Waals surface area contributed by atoms with Crippen molar-refractivity contribution >= 4 is 11.9 Å². The molecule has 0 spiro atoms. The third-order valence-corrected chi connectivity index (χ3v) is 4.90. The van der Waals surface area contributed by atoms with E-state index in [0.29, 0.717) is 0 Å². The Kier molecular flexibility index (Phi) is 7.21. The van der Waals surface area contributed by atoms with E-state index in [1.807, 2.05) is 0 Å². The van der Waals surface area contributed by atoms with E-state index in [0.717, 1.165) is 13.7 Å². The van der Waals surface area contributed by atoms with Gasteiger partial charge in [0.05, 0.1) is 25.7 Å². The van der Waals surface area contributed by atoms with Crippen LogP contribution in [0.3, 0.4) is 0 Å². The molecule has 1 aliphatic heterocycles. The molecule has 11 nitrogen and oxygen atoms in total. The van der Waals surface area contributed by atoms with E-state index in [9.17, 15) is 24.0 Å². The predicted octanol–water partition coefficient (Wildman–Crippen LogP) is -0.412. The SMILES string of the molecule is C=C(C)C(=O)OCCn1c(=O)n(CCOC(=O)C(=C)C)c(=O)n(CC2(C)OC2C)c1=O. The number of rotatable bonds is 10. The fourth-order valence-corrected chi connectivity index (χ4v) is 2.76. The molecule has 2 heterocycles. The Bertz CT molecular complexity index is 1020. The molecule has 1 fully saturated rings. The second-order valence-corrected chi connectivity index (χ2v) is 7.64. The normalized spacial score (nSPS) is 19.5. The molecule has 0 N–H and O–H groups in total. The number of nitrogens with zero attached hydrogens (tertiary/aromatic N) is 3. The number of epoxide rings is 1. The van der Waals surface area contributed by atoms with E-state index in [-0.39, 0.29) is 50.1 Å². The van der Waals surface area contributed by atoms with Gasteiger partial charge in [-0.1, -0.05) is 13.2 Å². The van der Waals surface area contributed by atoms with Crippen molar-refractivity contribution in [2.24, 2.45) is 0 Å². The summed E-state index contributed by atoms with van der Waals surface area (Å²) in [6.45, 7) is 12.2. The standard InChI is InChI=1S/C20H27N3O8/c1-12(2)15(24)29-9-7-21-17(26)22(8-10-30-16(25)13(3)4)19(28)23(18(21)27)11-20(6)14(5)31-20/h14H,1,3,7-11H2,2,4-6H3. The van der Waals surface area contributed by atoms with Crippen LogP contribution >= 0.6 is 0 Å². The summed E-state index contributed by atoms with van der Waals surface area (Å²) >= 11 is 0. The van der Waals surface area contributed by atoms with Crippen LogP contribution < -0.4 is 17.1 Å². The van der Waals surface area contributed by atoms with E-state index in [2.05, 4.69) is 13.2 Å². The second kappa shape index (κ2) is 9.29. The Balaban J connectivity index is 2.37. The van der Waals surface area contributed by atoms with Gasteiger partial charge in [0.1, 0.15) is 18.8 Å². The summed E-state index contributed by atoms with van der Waals surface area (Å²) in [6, 6.07) is 0. The van der Waals surface area contributed by atoms with Gasteiger partial charge in [0, 0.05) is 11.1 Å². The van der Waals surface area contributed by atoms with Gasteiger partial charge in [0.25, 0.3) is 0 Å². The van der Waals surface area contributed by atoms with Crippen LogP contribution in [0.15, 0.2) is 38.7 Å². The quantitative estimate of drug-likeness (QED) is 0.274. The van der Waals surface area contributed by atoms with Gasteiger partial charge in [0.15, 0.2) is 0 Å². The van der Waals surface area contributed by atoms with Crippen LogP contribution in [-0.4, -0.2) is 50.6 Å². The lowest BCUT2D eigenvalue weighted by Gasteiger charge is -2.15. The molecule has 2 unspecified atom stereocenters. The highest BCUT2D eigenvalue weighted by Crippen LogP contribution is 2.36. The predicted molar refractivity (Wildman–Crippen MR) is 110 cm³/mol. The maximum Gasteiger partial charge on any atom is 0.336 e. The van der Waals surface area contributed by atoms with E-state index in [1.54, 1.807) is 13.8 Å². The number of carbonyl (C=O) groups excluding carboxylic acids is 2. The first-order valence-electron chi connectivity index (χ1n) is 9.66. The largest absolute Gasteiger partial charge is 0.460 e. The minimum atomic E-state index is -0.904. The van der Waals surface area contributed by atoms with Gasteiger partial charge in [-0.25, -0.2) is 37.7 Å². The summed E-state index contributed by atoms with van der Waals surface area (Å²) in [5.74, 6) is -1.33. The lowest BCUT2D eigenvalue weighted by Crippen LogP contribution is -2.56. The van der Waals surface area contributed by atoms with Gasteiger partial charge in [-0.05, 0) is 27.7 Å². The highest BCUT2D eigenvalue weighted by molar-refractivity contribution is 5.87. The Morgan fingerprint density at radius 3 is 1.58 bits per heavy atom.